The molecule has 2 aromatic rings. The van der Waals surface area contributed by atoms with E-state index in [1.54, 1.807) is 0 Å². The van der Waals surface area contributed by atoms with Crippen LogP contribution in [0, 0.1) is 0 Å². The van der Waals surface area contributed by atoms with Gasteiger partial charge in [-0.05, 0) is 24.3 Å². The van der Waals surface area contributed by atoms with Crippen molar-refractivity contribution in [2.75, 3.05) is 0 Å². The van der Waals surface area contributed by atoms with Gasteiger partial charge in [-0.1, -0.05) is 13.8 Å². The summed E-state index contributed by atoms with van der Waals surface area (Å²) in [6.45, 7) is 4.32. The fourth-order valence-corrected chi connectivity index (χ4v) is 1.83. The van der Waals surface area contributed by atoms with E-state index in [1.165, 1.54) is 5.56 Å². The highest BCUT2D eigenvalue weighted by Crippen LogP contribution is 2.41. The van der Waals surface area contributed by atoms with E-state index in [-0.39, 0.29) is 5.54 Å². The smallest absolute Gasteiger partial charge is 0.233 e. The predicted molar refractivity (Wildman–Crippen MR) is 62.2 cm³/mol. The Morgan fingerprint density at radius 2 is 2.12 bits per heavy atom. The molecular weight excluding hydrogens is 200 g/mol. The van der Waals surface area contributed by atoms with Crippen molar-refractivity contribution in [1.82, 2.24) is 14.4 Å². The van der Waals surface area contributed by atoms with Crippen molar-refractivity contribution >= 4 is 5.78 Å². The summed E-state index contributed by atoms with van der Waals surface area (Å²) in [6.07, 6.45) is 8.07. The number of hydrogen-bond donors (Lipinski definition) is 1. The van der Waals surface area contributed by atoms with Crippen LogP contribution in [0.2, 0.25) is 0 Å². The van der Waals surface area contributed by atoms with Crippen molar-refractivity contribution in [3.63, 3.8) is 0 Å². The second kappa shape index (κ2) is 3.04. The van der Waals surface area contributed by atoms with E-state index in [0.29, 0.717) is 5.92 Å². The molecule has 2 aromatic heterocycles. The van der Waals surface area contributed by atoms with Crippen LogP contribution in [-0.2, 0) is 5.54 Å². The molecule has 0 radical (unpaired) electrons. The second-order valence-corrected chi connectivity index (χ2v) is 5.03. The number of nitrogens with two attached hydrogens (primary N) is 1. The Bertz CT molecular complexity index is 537. The molecule has 2 heterocycles. The molecule has 4 heteroatoms. The van der Waals surface area contributed by atoms with E-state index in [0.717, 1.165) is 24.3 Å². The van der Waals surface area contributed by atoms with Crippen LogP contribution >= 0.6 is 0 Å². The summed E-state index contributed by atoms with van der Waals surface area (Å²) in [5, 5.41) is 0. The van der Waals surface area contributed by atoms with Crippen LogP contribution < -0.4 is 5.73 Å². The molecular formula is C12H16N4. The van der Waals surface area contributed by atoms with E-state index < -0.39 is 0 Å². The zero-order chi connectivity index (χ0) is 11.3. The van der Waals surface area contributed by atoms with Gasteiger partial charge in [0.25, 0.3) is 0 Å². The van der Waals surface area contributed by atoms with Crippen LogP contribution in [0.25, 0.3) is 5.78 Å². The molecule has 0 atom stereocenters. The molecule has 1 aliphatic rings. The summed E-state index contributed by atoms with van der Waals surface area (Å²) in [6, 6.07) is 0. The van der Waals surface area contributed by atoms with Crippen molar-refractivity contribution in [1.29, 1.82) is 0 Å². The fraction of sp³-hybridized carbons (Fsp3) is 0.500. The van der Waals surface area contributed by atoms with Gasteiger partial charge in [-0.2, -0.15) is 0 Å². The van der Waals surface area contributed by atoms with Crippen molar-refractivity contribution in [3.05, 3.63) is 29.8 Å². The van der Waals surface area contributed by atoms with Gasteiger partial charge in [0.1, 0.15) is 0 Å². The molecule has 0 aliphatic heterocycles. The average Bonchev–Trinajstić information content (AvgIpc) is 2.86. The Hall–Kier alpha value is -1.42. The molecule has 1 saturated carbocycles. The topological polar surface area (TPSA) is 56.2 Å². The minimum atomic E-state index is -0.175. The average molecular weight is 216 g/mol. The van der Waals surface area contributed by atoms with Crippen LogP contribution in [0.3, 0.4) is 0 Å². The maximum absolute atomic E-state index is 6.13. The third kappa shape index (κ3) is 1.41. The first kappa shape index (κ1) is 9.78. The van der Waals surface area contributed by atoms with Gasteiger partial charge in [0.15, 0.2) is 0 Å². The Morgan fingerprint density at radius 1 is 1.38 bits per heavy atom. The number of fused-ring (bicyclic) bond motifs is 1. The van der Waals surface area contributed by atoms with Crippen molar-refractivity contribution in [2.24, 2.45) is 5.73 Å². The molecule has 1 fully saturated rings. The van der Waals surface area contributed by atoms with Gasteiger partial charge < -0.3 is 5.73 Å². The molecule has 0 unspecified atom stereocenters. The minimum Gasteiger partial charge on any atom is -0.320 e. The molecule has 0 spiro atoms. The van der Waals surface area contributed by atoms with Gasteiger partial charge in [-0.3, -0.25) is 4.40 Å². The minimum absolute atomic E-state index is 0.175. The van der Waals surface area contributed by atoms with Gasteiger partial charge in [0.2, 0.25) is 5.78 Å². The number of hydrogen-bond acceptors (Lipinski definition) is 3. The lowest BCUT2D eigenvalue weighted by molar-refractivity contribution is 0.714. The lowest BCUT2D eigenvalue weighted by Crippen LogP contribution is -2.18. The summed E-state index contributed by atoms with van der Waals surface area (Å²) < 4.78 is 1.98. The van der Waals surface area contributed by atoms with Gasteiger partial charge in [0, 0.05) is 18.6 Å². The predicted octanol–water partition coefficient (Wildman–Crippen LogP) is 1.80. The molecule has 0 bridgehead atoms. The van der Waals surface area contributed by atoms with E-state index in [1.807, 2.05) is 16.8 Å². The fourth-order valence-electron chi connectivity index (χ4n) is 1.83. The van der Waals surface area contributed by atoms with Gasteiger partial charge in [-0.25, -0.2) is 9.97 Å². The Kier molecular flexibility index (Phi) is 1.86. The van der Waals surface area contributed by atoms with E-state index in [2.05, 4.69) is 30.0 Å². The Morgan fingerprint density at radius 3 is 2.75 bits per heavy atom. The first-order chi connectivity index (χ1) is 7.58. The summed E-state index contributed by atoms with van der Waals surface area (Å²) >= 11 is 0. The Labute approximate surface area is 94.5 Å². The third-order valence-electron chi connectivity index (χ3n) is 3.30. The number of aromatic nitrogens is 3. The highest BCUT2D eigenvalue weighted by atomic mass is 15.1. The summed E-state index contributed by atoms with van der Waals surface area (Å²) in [5.41, 5.74) is 8.14. The monoisotopic (exact) mass is 216 g/mol. The van der Waals surface area contributed by atoms with E-state index >= 15 is 0 Å². The van der Waals surface area contributed by atoms with E-state index in [4.69, 9.17) is 5.73 Å². The largest absolute Gasteiger partial charge is 0.320 e. The standard InChI is InChI=1S/C12H16N4/c1-8(2)9-5-14-11-15-10(7-16(11)6-9)12(13)3-4-12/h5-8H,3-4,13H2,1-2H3. The molecule has 4 nitrogen and oxygen atoms in total. The van der Waals surface area contributed by atoms with E-state index in [9.17, 15) is 0 Å². The molecule has 3 rings (SSSR count). The van der Waals surface area contributed by atoms with Crippen LogP contribution in [0.1, 0.15) is 43.9 Å². The normalized spacial score (nSPS) is 18.2. The van der Waals surface area contributed by atoms with Gasteiger partial charge in [-0.15, -0.1) is 0 Å². The highest BCUT2D eigenvalue weighted by Gasteiger charge is 2.42. The molecule has 0 aromatic carbocycles. The SMILES string of the molecule is CC(C)c1cnc2nc(C3(N)CC3)cn2c1. The van der Waals surface area contributed by atoms with Gasteiger partial charge >= 0.3 is 0 Å². The molecule has 0 saturated heterocycles. The molecule has 0 amide bonds. The van der Waals surface area contributed by atoms with Crippen molar-refractivity contribution < 1.29 is 0 Å². The third-order valence-corrected chi connectivity index (χ3v) is 3.30. The first-order valence-electron chi connectivity index (χ1n) is 5.72. The highest BCUT2D eigenvalue weighted by molar-refractivity contribution is 5.36. The molecule has 2 N–H and O–H groups in total. The summed E-state index contributed by atoms with van der Waals surface area (Å²) in [4.78, 5) is 8.83. The lowest BCUT2D eigenvalue weighted by Gasteiger charge is -2.03. The van der Waals surface area contributed by atoms with Crippen LogP contribution in [0.15, 0.2) is 18.6 Å². The number of rotatable bonds is 2. The maximum atomic E-state index is 6.13. The number of nitrogens with zero attached hydrogens (tertiary/aromatic N) is 3. The van der Waals surface area contributed by atoms with Crippen LogP contribution in [0.4, 0.5) is 0 Å². The lowest BCUT2D eigenvalue weighted by atomic mass is 10.1. The zero-order valence-corrected chi connectivity index (χ0v) is 9.64. The summed E-state index contributed by atoms with van der Waals surface area (Å²) in [5.74, 6) is 1.23. The van der Waals surface area contributed by atoms with Gasteiger partial charge in [0.05, 0.1) is 11.2 Å². The zero-order valence-electron chi connectivity index (χ0n) is 9.64. The van der Waals surface area contributed by atoms with Crippen LogP contribution in [-0.4, -0.2) is 14.4 Å². The maximum Gasteiger partial charge on any atom is 0.233 e. The van der Waals surface area contributed by atoms with Crippen LogP contribution in [0.5, 0.6) is 0 Å². The Balaban J connectivity index is 2.10. The quantitative estimate of drug-likeness (QED) is 0.832. The van der Waals surface area contributed by atoms with Crippen molar-refractivity contribution in [2.45, 2.75) is 38.1 Å². The first-order valence-corrected chi connectivity index (χ1v) is 5.72. The molecule has 84 valence electrons. The molecule has 1 aliphatic carbocycles. The van der Waals surface area contributed by atoms with Crippen molar-refractivity contribution in [3.8, 4) is 0 Å². The number of imidazole rings is 1. The second-order valence-electron chi connectivity index (χ2n) is 5.03. The summed E-state index contributed by atoms with van der Waals surface area (Å²) in [7, 11) is 0. The molecule has 16 heavy (non-hydrogen) atoms.